The van der Waals surface area contributed by atoms with Crippen molar-refractivity contribution in [1.82, 2.24) is 9.29 Å². The molecule has 0 saturated carbocycles. The van der Waals surface area contributed by atoms with Crippen molar-refractivity contribution in [3.8, 4) is 11.1 Å². The summed E-state index contributed by atoms with van der Waals surface area (Å²) >= 11 is 1.76. The molecule has 0 amide bonds. The normalized spacial score (nSPS) is 16.5. The van der Waals surface area contributed by atoms with E-state index in [1.165, 1.54) is 16.0 Å². The SMILES string of the molecule is CCS(=O)(=O)N1CCC(Nc2cc(-c3csc(C)c3)cc3ccncc23)CC1. The minimum absolute atomic E-state index is 0.170. The van der Waals surface area contributed by atoms with Crippen LogP contribution in [0.15, 0.2) is 42.0 Å². The number of rotatable bonds is 5. The number of aryl methyl sites for hydroxylation is 1. The first-order valence-corrected chi connectivity index (χ1v) is 12.1. The van der Waals surface area contributed by atoms with Crippen LogP contribution in [0, 0.1) is 6.92 Å². The highest BCUT2D eigenvalue weighted by molar-refractivity contribution is 7.89. The molecular formula is C21H25N3O2S2. The van der Waals surface area contributed by atoms with Gasteiger partial charge in [0.15, 0.2) is 0 Å². The zero-order valence-electron chi connectivity index (χ0n) is 16.2. The molecule has 1 aliphatic heterocycles. The molecule has 1 fully saturated rings. The molecule has 3 aromatic rings. The first-order chi connectivity index (χ1) is 13.5. The summed E-state index contributed by atoms with van der Waals surface area (Å²) < 4.78 is 25.8. The van der Waals surface area contributed by atoms with Crippen molar-refractivity contribution < 1.29 is 8.42 Å². The van der Waals surface area contributed by atoms with Gasteiger partial charge in [-0.25, -0.2) is 12.7 Å². The molecule has 1 N–H and O–H groups in total. The lowest BCUT2D eigenvalue weighted by atomic mass is 10.0. The lowest BCUT2D eigenvalue weighted by Gasteiger charge is -2.32. The molecule has 5 nitrogen and oxygen atoms in total. The number of fused-ring (bicyclic) bond motifs is 1. The summed E-state index contributed by atoms with van der Waals surface area (Å²) in [5, 5.41) is 8.12. The van der Waals surface area contributed by atoms with E-state index in [0.717, 1.165) is 29.3 Å². The maximum absolute atomic E-state index is 12.1. The number of pyridine rings is 1. The lowest BCUT2D eigenvalue weighted by Crippen LogP contribution is -2.42. The summed E-state index contributed by atoms with van der Waals surface area (Å²) in [4.78, 5) is 5.60. The van der Waals surface area contributed by atoms with Crippen molar-refractivity contribution in [3.05, 3.63) is 46.9 Å². The van der Waals surface area contributed by atoms with Crippen LogP contribution in [-0.2, 0) is 10.0 Å². The maximum Gasteiger partial charge on any atom is 0.213 e. The number of hydrogen-bond donors (Lipinski definition) is 1. The van der Waals surface area contributed by atoms with Crippen LogP contribution in [0.1, 0.15) is 24.6 Å². The molecule has 0 radical (unpaired) electrons. The average molecular weight is 416 g/mol. The van der Waals surface area contributed by atoms with Gasteiger partial charge in [0.25, 0.3) is 0 Å². The van der Waals surface area contributed by atoms with Crippen LogP contribution in [0.3, 0.4) is 0 Å². The van der Waals surface area contributed by atoms with E-state index in [0.29, 0.717) is 13.1 Å². The van der Waals surface area contributed by atoms with E-state index in [2.05, 4.69) is 40.8 Å². The third kappa shape index (κ3) is 3.92. The van der Waals surface area contributed by atoms with Gasteiger partial charge in [0.2, 0.25) is 10.0 Å². The minimum Gasteiger partial charge on any atom is -0.382 e. The van der Waals surface area contributed by atoms with Gasteiger partial charge in [0.1, 0.15) is 0 Å². The summed E-state index contributed by atoms with van der Waals surface area (Å²) in [6.07, 6.45) is 5.34. The van der Waals surface area contributed by atoms with Gasteiger partial charge in [0.05, 0.1) is 5.75 Å². The molecule has 28 heavy (non-hydrogen) atoms. The Morgan fingerprint density at radius 2 is 2.00 bits per heavy atom. The zero-order chi connectivity index (χ0) is 19.7. The molecule has 1 aromatic carbocycles. The van der Waals surface area contributed by atoms with Crippen LogP contribution in [0.4, 0.5) is 5.69 Å². The maximum atomic E-state index is 12.1. The Labute approximate surface area is 170 Å². The fourth-order valence-corrected chi connectivity index (χ4v) is 5.60. The number of nitrogens with one attached hydrogen (secondary N) is 1. The Balaban J connectivity index is 1.60. The average Bonchev–Trinajstić information content (AvgIpc) is 3.15. The fourth-order valence-electron chi connectivity index (χ4n) is 3.76. The number of benzene rings is 1. The standard InChI is InChI=1S/C21H25N3O2S2/c1-3-28(25,26)24-8-5-19(6-9-24)23-21-12-17(18-10-15(2)27-14-18)11-16-4-7-22-13-20(16)21/h4,7,10-14,19,23H,3,5-6,8-9H2,1-2H3. The van der Waals surface area contributed by atoms with Crippen molar-refractivity contribution in [1.29, 1.82) is 0 Å². The molecule has 1 saturated heterocycles. The summed E-state index contributed by atoms with van der Waals surface area (Å²) in [5.41, 5.74) is 3.49. The molecule has 7 heteroatoms. The van der Waals surface area contributed by atoms with E-state index in [-0.39, 0.29) is 11.8 Å². The van der Waals surface area contributed by atoms with Crippen molar-refractivity contribution in [2.75, 3.05) is 24.2 Å². The highest BCUT2D eigenvalue weighted by Crippen LogP contribution is 2.33. The second-order valence-corrected chi connectivity index (χ2v) is 10.7. The summed E-state index contributed by atoms with van der Waals surface area (Å²) in [6.45, 7) is 4.98. The third-order valence-electron chi connectivity index (χ3n) is 5.39. The van der Waals surface area contributed by atoms with E-state index in [1.807, 2.05) is 18.5 Å². The predicted octanol–water partition coefficient (Wildman–Crippen LogP) is 4.50. The fraction of sp³-hybridized carbons (Fsp3) is 0.381. The van der Waals surface area contributed by atoms with Crippen LogP contribution in [0.2, 0.25) is 0 Å². The van der Waals surface area contributed by atoms with Crippen LogP contribution in [0.5, 0.6) is 0 Å². The second kappa shape index (κ2) is 7.81. The molecule has 2 aromatic heterocycles. The van der Waals surface area contributed by atoms with Crippen molar-refractivity contribution >= 4 is 37.8 Å². The monoisotopic (exact) mass is 415 g/mol. The quantitative estimate of drug-likeness (QED) is 0.667. The number of nitrogens with zero attached hydrogens (tertiary/aromatic N) is 2. The summed E-state index contributed by atoms with van der Waals surface area (Å²) in [6, 6.07) is 8.91. The second-order valence-electron chi connectivity index (χ2n) is 7.28. The van der Waals surface area contributed by atoms with Crippen LogP contribution < -0.4 is 5.32 Å². The molecule has 4 rings (SSSR count). The van der Waals surface area contributed by atoms with Gasteiger partial charge in [-0.3, -0.25) is 4.98 Å². The Morgan fingerprint density at radius 3 is 2.68 bits per heavy atom. The van der Waals surface area contributed by atoms with Gasteiger partial charge in [0, 0.05) is 47.5 Å². The van der Waals surface area contributed by atoms with E-state index >= 15 is 0 Å². The largest absolute Gasteiger partial charge is 0.382 e. The molecule has 0 bridgehead atoms. The van der Waals surface area contributed by atoms with Crippen molar-refractivity contribution in [2.45, 2.75) is 32.7 Å². The number of aromatic nitrogens is 1. The molecule has 3 heterocycles. The van der Waals surface area contributed by atoms with E-state index in [9.17, 15) is 8.42 Å². The van der Waals surface area contributed by atoms with Gasteiger partial charge < -0.3 is 5.32 Å². The predicted molar refractivity (Wildman–Crippen MR) is 117 cm³/mol. The Morgan fingerprint density at radius 1 is 1.21 bits per heavy atom. The number of sulfonamides is 1. The molecule has 0 atom stereocenters. The number of hydrogen-bond acceptors (Lipinski definition) is 5. The molecule has 0 spiro atoms. The Kier molecular flexibility index (Phi) is 5.40. The van der Waals surface area contributed by atoms with Gasteiger partial charge >= 0.3 is 0 Å². The molecule has 148 valence electrons. The topological polar surface area (TPSA) is 62.3 Å². The van der Waals surface area contributed by atoms with Crippen molar-refractivity contribution in [2.24, 2.45) is 0 Å². The highest BCUT2D eigenvalue weighted by Gasteiger charge is 2.26. The molecule has 0 aliphatic carbocycles. The zero-order valence-corrected chi connectivity index (χ0v) is 17.8. The van der Waals surface area contributed by atoms with Crippen LogP contribution in [-0.4, -0.2) is 42.6 Å². The smallest absolute Gasteiger partial charge is 0.213 e. The first-order valence-electron chi connectivity index (χ1n) is 9.64. The Bertz CT molecular complexity index is 1080. The number of thiophene rings is 1. The van der Waals surface area contributed by atoms with E-state index in [1.54, 1.807) is 22.6 Å². The number of anilines is 1. The van der Waals surface area contributed by atoms with Gasteiger partial charge in [-0.05, 0) is 72.8 Å². The first kappa shape index (κ1) is 19.4. The molecule has 0 unspecified atom stereocenters. The van der Waals surface area contributed by atoms with Crippen LogP contribution >= 0.6 is 11.3 Å². The molecule has 1 aliphatic rings. The van der Waals surface area contributed by atoms with Gasteiger partial charge in [-0.1, -0.05) is 0 Å². The Hall–Kier alpha value is -1.96. The van der Waals surface area contributed by atoms with Gasteiger partial charge in [-0.15, -0.1) is 11.3 Å². The highest BCUT2D eigenvalue weighted by atomic mass is 32.2. The summed E-state index contributed by atoms with van der Waals surface area (Å²) in [5.74, 6) is 0.170. The molecular weight excluding hydrogens is 390 g/mol. The third-order valence-corrected chi connectivity index (χ3v) is 8.13. The summed E-state index contributed by atoms with van der Waals surface area (Å²) in [7, 11) is -3.10. The van der Waals surface area contributed by atoms with E-state index < -0.39 is 10.0 Å². The van der Waals surface area contributed by atoms with E-state index in [4.69, 9.17) is 0 Å². The van der Waals surface area contributed by atoms with Gasteiger partial charge in [-0.2, -0.15) is 0 Å². The van der Waals surface area contributed by atoms with Crippen LogP contribution in [0.25, 0.3) is 21.9 Å². The minimum atomic E-state index is -3.10. The number of piperidine rings is 1. The lowest BCUT2D eigenvalue weighted by molar-refractivity contribution is 0.330. The van der Waals surface area contributed by atoms with Crippen molar-refractivity contribution in [3.63, 3.8) is 0 Å².